The van der Waals surface area contributed by atoms with Gasteiger partial charge in [0.2, 0.25) is 5.91 Å². The van der Waals surface area contributed by atoms with Gasteiger partial charge in [-0.1, -0.05) is 13.8 Å². The zero-order chi connectivity index (χ0) is 30.9. The first-order chi connectivity index (χ1) is 19.8. The van der Waals surface area contributed by atoms with Crippen LogP contribution in [-0.2, 0) is 9.59 Å². The molecule has 0 bridgehead atoms. The van der Waals surface area contributed by atoms with Crippen LogP contribution in [0.25, 0.3) is 0 Å². The molecule has 4 rings (SSSR count). The predicted octanol–water partition coefficient (Wildman–Crippen LogP) is 3.34. The Labute approximate surface area is 238 Å². The lowest BCUT2D eigenvalue weighted by Gasteiger charge is -2.43. The van der Waals surface area contributed by atoms with Gasteiger partial charge in [0.15, 0.2) is 0 Å². The Balaban J connectivity index is 1.52. The van der Waals surface area contributed by atoms with Crippen molar-refractivity contribution in [2.24, 2.45) is 5.92 Å². The minimum absolute atomic E-state index is 0.00877. The van der Waals surface area contributed by atoms with Crippen molar-refractivity contribution in [2.45, 2.75) is 44.9 Å². The molecule has 5 amide bonds. The summed E-state index contributed by atoms with van der Waals surface area (Å²) in [6.07, 6.45) is 0.128. The number of carbonyl (C=O) groups is 5. The monoisotopic (exact) mass is 590 g/mol. The van der Waals surface area contributed by atoms with E-state index in [0.29, 0.717) is 5.69 Å². The Bertz CT molecular complexity index is 1410. The Hall–Kier alpha value is -4.62. The number of benzene rings is 2. The van der Waals surface area contributed by atoms with Gasteiger partial charge < -0.3 is 20.1 Å². The van der Waals surface area contributed by atoms with E-state index < -0.39 is 71.0 Å². The van der Waals surface area contributed by atoms with Crippen LogP contribution >= 0.6 is 0 Å². The molecule has 2 aromatic carbocycles. The number of anilines is 1. The third-order valence-corrected chi connectivity index (χ3v) is 7.51. The number of nitrogens with one attached hydrogen (secondary N) is 1. The lowest BCUT2D eigenvalue weighted by molar-refractivity contribution is -0.139. The van der Waals surface area contributed by atoms with Gasteiger partial charge >= 0.3 is 18.6 Å². The van der Waals surface area contributed by atoms with Gasteiger partial charge in [-0.3, -0.25) is 24.2 Å². The van der Waals surface area contributed by atoms with Crippen molar-refractivity contribution in [1.29, 1.82) is 0 Å². The molecule has 1 spiro atoms. The van der Waals surface area contributed by atoms with Gasteiger partial charge in [0.05, 0.1) is 11.1 Å². The first-order valence-corrected chi connectivity index (χ1v) is 13.1. The molecule has 11 nitrogen and oxygen atoms in total. The van der Waals surface area contributed by atoms with E-state index in [9.17, 15) is 42.3 Å². The smallest absolute Gasteiger partial charge is 0.387 e. The third kappa shape index (κ3) is 5.60. The fraction of sp³-hybridized carbons (Fsp3) is 0.393. The van der Waals surface area contributed by atoms with Gasteiger partial charge in [-0.15, -0.1) is 0 Å². The van der Waals surface area contributed by atoms with E-state index >= 15 is 0 Å². The molecule has 14 heteroatoms. The van der Waals surface area contributed by atoms with E-state index in [-0.39, 0.29) is 31.5 Å². The van der Waals surface area contributed by atoms with Gasteiger partial charge in [0.1, 0.15) is 23.1 Å². The van der Waals surface area contributed by atoms with Crippen LogP contribution in [0, 0.1) is 11.7 Å². The van der Waals surface area contributed by atoms with Gasteiger partial charge in [-0.2, -0.15) is 8.78 Å². The molecule has 2 N–H and O–H groups in total. The molecule has 2 aliphatic rings. The summed E-state index contributed by atoms with van der Waals surface area (Å²) in [7, 11) is 1.35. The van der Waals surface area contributed by atoms with Crippen LogP contribution in [-0.4, -0.2) is 83.0 Å². The van der Waals surface area contributed by atoms with Crippen LogP contribution in [0.3, 0.4) is 0 Å². The number of likely N-dealkylation sites (tertiary alicyclic amines) is 1. The highest BCUT2D eigenvalue weighted by Gasteiger charge is 2.58. The number of rotatable bonds is 8. The first kappa shape index (κ1) is 30.3. The topological polar surface area (TPSA) is 137 Å². The molecular weight excluding hydrogens is 561 g/mol. The number of aromatic carboxylic acids is 1. The summed E-state index contributed by atoms with van der Waals surface area (Å²) in [6, 6.07) is 6.41. The summed E-state index contributed by atoms with van der Waals surface area (Å²) < 4.78 is 43.8. The van der Waals surface area contributed by atoms with Crippen molar-refractivity contribution >= 4 is 35.4 Å². The minimum atomic E-state index is -3.18. The van der Waals surface area contributed by atoms with Gasteiger partial charge in [-0.05, 0) is 61.2 Å². The Morgan fingerprint density at radius 2 is 1.64 bits per heavy atom. The third-order valence-electron chi connectivity index (χ3n) is 7.51. The number of halogens is 3. The average molecular weight is 591 g/mol. The summed E-state index contributed by atoms with van der Waals surface area (Å²) in [5.74, 6) is -4.98. The van der Waals surface area contributed by atoms with Crippen LogP contribution in [0.5, 0.6) is 5.75 Å². The number of carbonyl (C=O) groups excluding carboxylic acids is 4. The molecule has 0 radical (unpaired) electrons. The van der Waals surface area contributed by atoms with E-state index in [2.05, 4.69) is 10.1 Å². The van der Waals surface area contributed by atoms with Crippen LogP contribution in [0.15, 0.2) is 42.5 Å². The average Bonchev–Trinajstić information content (AvgIpc) is 3.12. The molecule has 0 aromatic heterocycles. The molecule has 0 saturated carbocycles. The standard InChI is InChI=1S/C28H29F3N4O7/c1-15(2)21(32-22(36)19-14-18(42-26(30)31)8-9-20(19)29)23(37)34-12-10-28(11-13-34)25(40)33(3)27(41)35(28)17-6-4-16(5-7-17)24(38)39/h4-9,14-15,21,26H,10-13H2,1-3H3,(H,32,36)(H,38,39)/t21-/m1/s1. The molecule has 1 atom stereocenters. The number of urea groups is 1. The van der Waals surface area contributed by atoms with Crippen LogP contribution < -0.4 is 15.0 Å². The normalized spacial score (nSPS) is 17.3. The molecular formula is C28H29F3N4O7. The van der Waals surface area contributed by atoms with Crippen molar-refractivity contribution in [3.8, 4) is 5.75 Å². The Morgan fingerprint density at radius 1 is 1.02 bits per heavy atom. The van der Waals surface area contributed by atoms with E-state index in [4.69, 9.17) is 0 Å². The van der Waals surface area contributed by atoms with E-state index in [1.165, 1.54) is 41.1 Å². The summed E-state index contributed by atoms with van der Waals surface area (Å²) >= 11 is 0. The fourth-order valence-corrected chi connectivity index (χ4v) is 5.26. The molecule has 42 heavy (non-hydrogen) atoms. The van der Waals surface area contributed by atoms with Crippen molar-refractivity contribution in [3.05, 3.63) is 59.4 Å². The van der Waals surface area contributed by atoms with Gasteiger partial charge in [-0.25, -0.2) is 14.0 Å². The number of ether oxygens (including phenoxy) is 1. The second-order valence-corrected chi connectivity index (χ2v) is 10.4. The van der Waals surface area contributed by atoms with Crippen molar-refractivity contribution in [1.82, 2.24) is 15.1 Å². The maximum Gasteiger partial charge on any atom is 0.387 e. The summed E-state index contributed by atoms with van der Waals surface area (Å²) in [4.78, 5) is 67.8. The van der Waals surface area contributed by atoms with Crippen LogP contribution in [0.1, 0.15) is 47.4 Å². The zero-order valence-electron chi connectivity index (χ0n) is 23.0. The second kappa shape index (κ2) is 11.7. The zero-order valence-corrected chi connectivity index (χ0v) is 23.0. The first-order valence-electron chi connectivity index (χ1n) is 13.1. The number of nitrogens with zero attached hydrogens (tertiary/aromatic N) is 3. The van der Waals surface area contributed by atoms with Crippen molar-refractivity contribution < 1.29 is 47.0 Å². The number of hydrogen-bond acceptors (Lipinski definition) is 6. The summed E-state index contributed by atoms with van der Waals surface area (Å²) in [5.41, 5.74) is -1.55. The largest absolute Gasteiger partial charge is 0.478 e. The number of alkyl halides is 2. The van der Waals surface area contributed by atoms with Crippen molar-refractivity contribution in [3.63, 3.8) is 0 Å². The summed E-state index contributed by atoms with van der Waals surface area (Å²) in [5, 5.41) is 11.7. The van der Waals surface area contributed by atoms with Gasteiger partial charge in [0.25, 0.3) is 11.8 Å². The number of hydrogen-bond donors (Lipinski definition) is 2. The molecule has 2 heterocycles. The maximum atomic E-state index is 14.4. The number of amides is 5. The predicted molar refractivity (Wildman–Crippen MR) is 142 cm³/mol. The SMILES string of the molecule is CC(C)[C@@H](NC(=O)c1cc(OC(F)F)ccc1F)C(=O)N1CCC2(CC1)C(=O)N(C)C(=O)N2c1ccc(C(=O)O)cc1. The van der Waals surface area contributed by atoms with Crippen molar-refractivity contribution in [2.75, 3.05) is 25.0 Å². The molecule has 0 unspecified atom stereocenters. The number of likely N-dealkylation sites (N-methyl/N-ethyl adjacent to an activating group) is 1. The van der Waals surface area contributed by atoms with E-state index in [0.717, 1.165) is 23.1 Å². The molecule has 0 aliphatic carbocycles. The molecule has 224 valence electrons. The molecule has 2 aliphatic heterocycles. The lowest BCUT2D eigenvalue weighted by Crippen LogP contribution is -2.60. The maximum absolute atomic E-state index is 14.4. The quantitative estimate of drug-likeness (QED) is 0.450. The number of carboxylic acids is 1. The van der Waals surface area contributed by atoms with E-state index in [1.807, 2.05) is 0 Å². The van der Waals surface area contributed by atoms with Crippen LogP contribution in [0.4, 0.5) is 23.7 Å². The summed E-state index contributed by atoms with van der Waals surface area (Å²) in [6.45, 7) is 0.233. The molecule has 2 saturated heterocycles. The number of carboxylic acid groups (broad SMARTS) is 1. The number of piperidine rings is 1. The second-order valence-electron chi connectivity index (χ2n) is 10.4. The van der Waals surface area contributed by atoms with E-state index in [1.54, 1.807) is 13.8 Å². The Morgan fingerprint density at radius 3 is 2.19 bits per heavy atom. The number of imide groups is 1. The minimum Gasteiger partial charge on any atom is -0.478 e. The van der Waals surface area contributed by atoms with Gasteiger partial charge in [0, 0.05) is 25.8 Å². The highest BCUT2D eigenvalue weighted by Crippen LogP contribution is 2.40. The van der Waals surface area contributed by atoms with Crippen LogP contribution in [0.2, 0.25) is 0 Å². The fourth-order valence-electron chi connectivity index (χ4n) is 5.26. The lowest BCUT2D eigenvalue weighted by atomic mass is 9.85. The molecule has 2 aromatic rings. The highest BCUT2D eigenvalue weighted by molar-refractivity contribution is 6.17. The Kier molecular flexibility index (Phi) is 8.45. The highest BCUT2D eigenvalue weighted by atomic mass is 19.3. The molecule has 2 fully saturated rings.